The number of nitrogens with one attached hydrogen (secondary N) is 1. The van der Waals surface area contributed by atoms with Gasteiger partial charge in [0.2, 0.25) is 0 Å². The SMILES string of the molecule is C=COC(=O)c1ccc2c(c1C(=O)OC=C)C[C@H]1NCC[C@@]23CCCC[C@@H]13. The first kappa shape index (κ1) is 18.0. The molecule has 2 aliphatic carbocycles. The molecule has 1 saturated heterocycles. The number of piperidine rings is 1. The average molecular weight is 367 g/mol. The summed E-state index contributed by atoms with van der Waals surface area (Å²) in [6.07, 6.45) is 8.78. The molecule has 2 bridgehead atoms. The van der Waals surface area contributed by atoms with E-state index in [1.165, 1.54) is 24.8 Å². The molecule has 5 heteroatoms. The zero-order chi connectivity index (χ0) is 19.0. The summed E-state index contributed by atoms with van der Waals surface area (Å²) in [5, 5.41) is 3.65. The van der Waals surface area contributed by atoms with Gasteiger partial charge < -0.3 is 14.8 Å². The highest BCUT2D eigenvalue weighted by Crippen LogP contribution is 2.54. The van der Waals surface area contributed by atoms with Gasteiger partial charge in [-0.1, -0.05) is 32.1 Å². The first-order valence-electron chi connectivity index (χ1n) is 9.66. The topological polar surface area (TPSA) is 64.6 Å². The Kier molecular flexibility index (Phi) is 4.64. The van der Waals surface area contributed by atoms with Gasteiger partial charge in [0, 0.05) is 11.5 Å². The second kappa shape index (κ2) is 6.97. The van der Waals surface area contributed by atoms with Crippen molar-refractivity contribution in [3.8, 4) is 0 Å². The van der Waals surface area contributed by atoms with E-state index in [-0.39, 0.29) is 11.0 Å². The Balaban J connectivity index is 1.92. The van der Waals surface area contributed by atoms with Gasteiger partial charge in [-0.3, -0.25) is 0 Å². The van der Waals surface area contributed by atoms with E-state index in [4.69, 9.17) is 9.47 Å². The number of carbonyl (C=O) groups is 2. The molecule has 1 saturated carbocycles. The Bertz CT molecular complexity index is 811. The molecular formula is C22H25NO4. The van der Waals surface area contributed by atoms with Gasteiger partial charge in [0.1, 0.15) is 0 Å². The van der Waals surface area contributed by atoms with Gasteiger partial charge in [-0.05, 0) is 55.3 Å². The van der Waals surface area contributed by atoms with Crippen molar-refractivity contribution in [2.75, 3.05) is 6.54 Å². The van der Waals surface area contributed by atoms with Crippen LogP contribution in [0.2, 0.25) is 0 Å². The molecule has 1 aromatic carbocycles. The molecule has 27 heavy (non-hydrogen) atoms. The van der Waals surface area contributed by atoms with E-state index in [0.29, 0.717) is 17.5 Å². The van der Waals surface area contributed by atoms with Crippen molar-refractivity contribution in [3.05, 3.63) is 60.1 Å². The minimum atomic E-state index is -0.592. The molecule has 0 spiro atoms. The number of esters is 2. The molecule has 1 aromatic rings. The number of rotatable bonds is 4. The lowest BCUT2D eigenvalue weighted by Crippen LogP contribution is -2.59. The lowest BCUT2D eigenvalue weighted by molar-refractivity contribution is 0.0605. The van der Waals surface area contributed by atoms with Crippen LogP contribution in [0.15, 0.2) is 37.8 Å². The molecule has 0 amide bonds. The quantitative estimate of drug-likeness (QED) is 0.650. The van der Waals surface area contributed by atoms with Gasteiger partial charge in [0.05, 0.1) is 23.7 Å². The van der Waals surface area contributed by atoms with Crippen molar-refractivity contribution in [2.45, 2.75) is 50.0 Å². The molecule has 1 aliphatic heterocycles. The summed E-state index contributed by atoms with van der Waals surface area (Å²) >= 11 is 0. The average Bonchev–Trinajstić information content (AvgIpc) is 2.67. The van der Waals surface area contributed by atoms with Crippen molar-refractivity contribution < 1.29 is 19.1 Å². The molecule has 4 rings (SSSR count). The molecule has 1 N–H and O–H groups in total. The fraction of sp³-hybridized carbons (Fsp3) is 0.455. The summed E-state index contributed by atoms with van der Waals surface area (Å²) in [5.74, 6) is -0.562. The summed E-state index contributed by atoms with van der Waals surface area (Å²) in [5.41, 5.74) is 2.78. The number of benzene rings is 1. The van der Waals surface area contributed by atoms with Crippen LogP contribution in [0.3, 0.4) is 0 Å². The monoisotopic (exact) mass is 367 g/mol. The Labute approximate surface area is 159 Å². The van der Waals surface area contributed by atoms with E-state index in [9.17, 15) is 9.59 Å². The maximum absolute atomic E-state index is 12.8. The van der Waals surface area contributed by atoms with Crippen LogP contribution in [-0.2, 0) is 21.3 Å². The summed E-state index contributed by atoms with van der Waals surface area (Å²) in [7, 11) is 0. The van der Waals surface area contributed by atoms with Crippen LogP contribution in [0.5, 0.6) is 0 Å². The third-order valence-electron chi connectivity index (χ3n) is 6.64. The van der Waals surface area contributed by atoms with Crippen LogP contribution in [0.1, 0.15) is 63.9 Å². The maximum atomic E-state index is 12.8. The number of hydrogen-bond donors (Lipinski definition) is 1. The summed E-state index contributed by atoms with van der Waals surface area (Å²) in [6, 6.07) is 4.08. The minimum absolute atomic E-state index is 0.0891. The summed E-state index contributed by atoms with van der Waals surface area (Å²) in [4.78, 5) is 25.2. The first-order chi connectivity index (χ1) is 13.1. The van der Waals surface area contributed by atoms with E-state index in [0.717, 1.165) is 43.9 Å². The molecule has 142 valence electrons. The van der Waals surface area contributed by atoms with Crippen molar-refractivity contribution in [1.82, 2.24) is 5.32 Å². The highest BCUT2D eigenvalue weighted by atomic mass is 16.5. The summed E-state index contributed by atoms with van der Waals surface area (Å²) in [6.45, 7) is 7.91. The summed E-state index contributed by atoms with van der Waals surface area (Å²) < 4.78 is 10.1. The van der Waals surface area contributed by atoms with Crippen LogP contribution in [-0.4, -0.2) is 24.5 Å². The molecule has 5 nitrogen and oxygen atoms in total. The Morgan fingerprint density at radius 3 is 2.67 bits per heavy atom. The third-order valence-corrected chi connectivity index (χ3v) is 6.64. The number of hydrogen-bond acceptors (Lipinski definition) is 5. The third kappa shape index (κ3) is 2.72. The minimum Gasteiger partial charge on any atom is -0.432 e. The van der Waals surface area contributed by atoms with Gasteiger partial charge in [-0.2, -0.15) is 0 Å². The maximum Gasteiger partial charge on any atom is 0.344 e. The molecule has 3 aliphatic rings. The Morgan fingerprint density at radius 2 is 1.89 bits per heavy atom. The highest BCUT2D eigenvalue weighted by Gasteiger charge is 2.52. The van der Waals surface area contributed by atoms with Crippen molar-refractivity contribution in [1.29, 1.82) is 0 Å². The van der Waals surface area contributed by atoms with E-state index < -0.39 is 11.9 Å². The zero-order valence-corrected chi connectivity index (χ0v) is 15.5. The predicted molar refractivity (Wildman–Crippen MR) is 101 cm³/mol. The normalized spacial score (nSPS) is 28.3. The van der Waals surface area contributed by atoms with Gasteiger partial charge in [-0.25, -0.2) is 9.59 Å². The standard InChI is InChI=1S/C22H25NO4/c1-3-26-20(24)14-8-9-16-15(19(14)21(25)27-4-2)13-18-17-7-5-6-10-22(16,17)11-12-23-18/h3-4,8-9,17-18,23H,1-2,5-7,10-13H2/t17-,18+,22-/m0/s1. The largest absolute Gasteiger partial charge is 0.432 e. The smallest absolute Gasteiger partial charge is 0.344 e. The molecule has 0 radical (unpaired) electrons. The molecule has 0 unspecified atom stereocenters. The van der Waals surface area contributed by atoms with Gasteiger partial charge in [0.15, 0.2) is 0 Å². The second-order valence-corrected chi connectivity index (χ2v) is 7.68. The van der Waals surface area contributed by atoms with Gasteiger partial charge in [-0.15, -0.1) is 0 Å². The van der Waals surface area contributed by atoms with Crippen molar-refractivity contribution in [3.63, 3.8) is 0 Å². The number of carbonyl (C=O) groups excluding carboxylic acids is 2. The van der Waals surface area contributed by atoms with E-state index in [1.807, 2.05) is 6.07 Å². The molecule has 0 aromatic heterocycles. The Hall–Kier alpha value is -2.40. The molecule has 3 atom stereocenters. The lowest BCUT2D eigenvalue weighted by Gasteiger charge is -2.56. The van der Waals surface area contributed by atoms with Crippen LogP contribution in [0, 0.1) is 5.92 Å². The predicted octanol–water partition coefficient (Wildman–Crippen LogP) is 3.63. The first-order valence-corrected chi connectivity index (χ1v) is 9.66. The van der Waals surface area contributed by atoms with Crippen molar-refractivity contribution in [2.24, 2.45) is 5.92 Å². The van der Waals surface area contributed by atoms with Crippen LogP contribution in [0.25, 0.3) is 0 Å². The molecule has 2 fully saturated rings. The van der Waals surface area contributed by atoms with Crippen LogP contribution >= 0.6 is 0 Å². The van der Waals surface area contributed by atoms with Crippen LogP contribution in [0.4, 0.5) is 0 Å². The number of ether oxygens (including phenoxy) is 2. The second-order valence-electron chi connectivity index (χ2n) is 7.68. The van der Waals surface area contributed by atoms with Crippen LogP contribution < -0.4 is 5.32 Å². The van der Waals surface area contributed by atoms with E-state index >= 15 is 0 Å². The van der Waals surface area contributed by atoms with Gasteiger partial charge in [0.25, 0.3) is 0 Å². The van der Waals surface area contributed by atoms with Gasteiger partial charge >= 0.3 is 11.9 Å². The van der Waals surface area contributed by atoms with Crippen molar-refractivity contribution >= 4 is 11.9 Å². The highest BCUT2D eigenvalue weighted by molar-refractivity contribution is 6.05. The number of fused-ring (bicyclic) bond motifs is 1. The Morgan fingerprint density at radius 1 is 1.11 bits per heavy atom. The fourth-order valence-corrected chi connectivity index (χ4v) is 5.69. The molecular weight excluding hydrogens is 342 g/mol. The van der Waals surface area contributed by atoms with E-state index in [2.05, 4.69) is 18.5 Å². The lowest BCUT2D eigenvalue weighted by atomic mass is 9.52. The fourth-order valence-electron chi connectivity index (χ4n) is 5.69. The zero-order valence-electron chi connectivity index (χ0n) is 15.5. The molecule has 1 heterocycles. The van der Waals surface area contributed by atoms with E-state index in [1.54, 1.807) is 6.07 Å².